The molecule has 0 rings (SSSR count). The van der Waals surface area contributed by atoms with Gasteiger partial charge in [0.2, 0.25) is 0 Å². The third-order valence-electron chi connectivity index (χ3n) is 2.16. The highest BCUT2D eigenvalue weighted by atomic mass is 19.4. The Bertz CT molecular complexity index is 444. The molecule has 0 spiro atoms. The van der Waals surface area contributed by atoms with Gasteiger partial charge in [0.15, 0.2) is 0 Å². The van der Waals surface area contributed by atoms with Gasteiger partial charge in [0.1, 0.15) is 11.1 Å². The molecule has 0 nitrogen and oxygen atoms in total. The molecule has 16 heteroatoms. The van der Waals surface area contributed by atoms with Crippen LogP contribution in [0.15, 0.2) is 11.1 Å². The molecule has 144 valence electrons. The van der Waals surface area contributed by atoms with Gasteiger partial charge in [-0.25, -0.2) is 0 Å². The maximum absolute atomic E-state index is 12.7. The van der Waals surface area contributed by atoms with Gasteiger partial charge in [-0.15, -0.1) is 0 Å². The van der Waals surface area contributed by atoms with Gasteiger partial charge in [0, 0.05) is 0 Å². The molecule has 0 saturated heterocycles. The van der Waals surface area contributed by atoms with Crippen molar-refractivity contribution in [3.63, 3.8) is 0 Å². The average molecular weight is 400 g/mol. The lowest BCUT2D eigenvalue weighted by atomic mass is 9.94. The van der Waals surface area contributed by atoms with Crippen molar-refractivity contribution in [1.82, 2.24) is 0 Å². The topological polar surface area (TPSA) is 0 Å². The van der Waals surface area contributed by atoms with Gasteiger partial charge in [-0.3, -0.25) is 0 Å². The van der Waals surface area contributed by atoms with Crippen LogP contribution in [0, 0.1) is 0 Å². The molecule has 0 aliphatic rings. The Morgan fingerprint density at radius 3 is 0.583 bits per heavy atom. The minimum absolute atomic E-state index is 5.41. The summed E-state index contributed by atoms with van der Waals surface area (Å²) < 4.78 is 195. The fraction of sp³-hybridized carbons (Fsp3) is 0.750. The van der Waals surface area contributed by atoms with Crippen molar-refractivity contribution in [3.05, 3.63) is 11.1 Å². The van der Waals surface area contributed by atoms with Gasteiger partial charge in [-0.2, -0.15) is 70.2 Å². The normalized spacial score (nSPS) is 17.0. The van der Waals surface area contributed by atoms with E-state index in [0.29, 0.717) is 0 Å². The van der Waals surface area contributed by atoms with E-state index < -0.39 is 47.7 Å². The first kappa shape index (κ1) is 22.6. The molecule has 0 aliphatic heterocycles. The average Bonchev–Trinajstić information content (AvgIpc) is 2.17. The summed E-state index contributed by atoms with van der Waals surface area (Å²) in [7, 11) is 0. The molecule has 0 saturated carbocycles. The molecule has 0 aromatic rings. The lowest BCUT2D eigenvalue weighted by Gasteiger charge is -2.31. The Hall–Kier alpha value is -1.38. The lowest BCUT2D eigenvalue weighted by Crippen LogP contribution is -2.51. The second kappa shape index (κ2) is 5.57. The zero-order valence-corrected chi connectivity index (χ0v) is 10.0. The molecule has 24 heavy (non-hydrogen) atoms. The van der Waals surface area contributed by atoms with E-state index >= 15 is 0 Å². The van der Waals surface area contributed by atoms with Gasteiger partial charge in [0.05, 0.1) is 0 Å². The molecule has 0 fully saturated rings. The number of rotatable bonds is 2. The van der Waals surface area contributed by atoms with Gasteiger partial charge >= 0.3 is 36.6 Å². The second-order valence-corrected chi connectivity index (χ2v) is 3.89. The Kier molecular flexibility index (Phi) is 5.25. The minimum atomic E-state index is -7.70. The van der Waals surface area contributed by atoms with E-state index in [1.54, 1.807) is 0 Å². The first-order valence-corrected chi connectivity index (χ1v) is 4.77. The van der Waals surface area contributed by atoms with Crippen LogP contribution in [0.2, 0.25) is 0 Å². The predicted octanol–water partition coefficient (Wildman–Crippen LogP) is 5.80. The van der Waals surface area contributed by atoms with Gasteiger partial charge in [-0.05, 0) is 0 Å². The van der Waals surface area contributed by atoms with Crippen LogP contribution in [0.3, 0.4) is 0 Å². The van der Waals surface area contributed by atoms with Crippen LogP contribution < -0.4 is 0 Å². The highest BCUT2D eigenvalue weighted by molar-refractivity contribution is 5.36. The van der Waals surface area contributed by atoms with Crippen molar-refractivity contribution in [3.8, 4) is 0 Å². The molecular formula is C8F16. The van der Waals surface area contributed by atoms with E-state index in [9.17, 15) is 70.2 Å². The predicted molar refractivity (Wildman–Crippen MR) is 41.1 cm³/mol. The molecule has 0 atom stereocenters. The van der Waals surface area contributed by atoms with Gasteiger partial charge in [0.25, 0.3) is 0 Å². The third-order valence-corrected chi connectivity index (χ3v) is 2.16. The van der Waals surface area contributed by atoms with Crippen molar-refractivity contribution >= 4 is 0 Å². The number of alkyl halides is 16. The molecule has 0 radical (unpaired) electrons. The van der Waals surface area contributed by atoms with Crippen LogP contribution in [0.25, 0.3) is 0 Å². The largest absolute Gasteiger partial charge is 0.458 e. The minimum Gasteiger partial charge on any atom is -0.191 e. The molecule has 0 N–H and O–H groups in total. The molecule has 0 aromatic carbocycles. The van der Waals surface area contributed by atoms with E-state index in [0.717, 1.165) is 0 Å². The number of halogens is 16. The van der Waals surface area contributed by atoms with E-state index in [1.165, 1.54) is 0 Å². The molecule has 0 heterocycles. The highest BCUT2D eigenvalue weighted by Gasteiger charge is 2.75. The smallest absolute Gasteiger partial charge is 0.191 e. The summed E-state index contributed by atoms with van der Waals surface area (Å²) in [5, 5.41) is 0. The fourth-order valence-electron chi connectivity index (χ4n) is 1.24. The quantitative estimate of drug-likeness (QED) is 0.406. The van der Waals surface area contributed by atoms with Crippen LogP contribution >= 0.6 is 0 Å². The van der Waals surface area contributed by atoms with Crippen molar-refractivity contribution in [2.45, 2.75) is 36.6 Å². The lowest BCUT2D eigenvalue weighted by molar-refractivity contribution is -0.299. The number of hydrogen-bond acceptors (Lipinski definition) is 0. The SMILES string of the molecule is FC(F)(F)/C(=C(\C(F)(F)F)C(F)(F)C(F)(F)F)C(F)(F)C(F)(F)F. The van der Waals surface area contributed by atoms with Crippen LogP contribution in [-0.2, 0) is 0 Å². The van der Waals surface area contributed by atoms with Gasteiger partial charge in [-0.1, -0.05) is 0 Å². The Morgan fingerprint density at radius 2 is 0.500 bits per heavy atom. The summed E-state index contributed by atoms with van der Waals surface area (Å²) in [6.45, 7) is 0. The van der Waals surface area contributed by atoms with E-state index in [1.807, 2.05) is 0 Å². The van der Waals surface area contributed by atoms with Crippen LogP contribution in [0.4, 0.5) is 70.2 Å². The third kappa shape index (κ3) is 3.99. The first-order chi connectivity index (χ1) is 9.99. The van der Waals surface area contributed by atoms with Crippen molar-refractivity contribution in [2.75, 3.05) is 0 Å². The monoisotopic (exact) mass is 400 g/mol. The van der Waals surface area contributed by atoms with Crippen molar-refractivity contribution in [2.24, 2.45) is 0 Å². The molecule has 0 aliphatic carbocycles. The number of allylic oxidation sites excluding steroid dienone is 2. The van der Waals surface area contributed by atoms with Crippen molar-refractivity contribution in [1.29, 1.82) is 0 Å². The zero-order chi connectivity index (χ0) is 20.2. The Balaban J connectivity index is 7.29. The summed E-state index contributed by atoms with van der Waals surface area (Å²) in [4.78, 5) is 0. The Morgan fingerprint density at radius 1 is 0.333 bits per heavy atom. The second-order valence-electron chi connectivity index (χ2n) is 3.89. The summed E-state index contributed by atoms with van der Waals surface area (Å²) in [5.41, 5.74) is -10.8. The summed E-state index contributed by atoms with van der Waals surface area (Å²) >= 11 is 0. The Labute approximate surface area is 119 Å². The molecule has 0 aromatic heterocycles. The van der Waals surface area contributed by atoms with Crippen LogP contribution in [-0.4, -0.2) is 36.6 Å². The van der Waals surface area contributed by atoms with E-state index in [4.69, 9.17) is 0 Å². The van der Waals surface area contributed by atoms with E-state index in [-0.39, 0.29) is 0 Å². The standard InChI is InChI=1S/C8F16/c9-3(10,7(19,20)21)1(5(13,14)15)2(6(16,17)18)4(11,12)8(22,23)24/b2-1-. The molecular weight excluding hydrogens is 400 g/mol. The molecule has 0 amide bonds. The summed E-state index contributed by atoms with van der Waals surface area (Å²) in [6.07, 6.45) is -30.1. The highest BCUT2D eigenvalue weighted by Crippen LogP contribution is 2.56. The van der Waals surface area contributed by atoms with Crippen molar-refractivity contribution < 1.29 is 70.2 Å². The van der Waals surface area contributed by atoms with Gasteiger partial charge < -0.3 is 0 Å². The first-order valence-electron chi connectivity index (χ1n) is 4.77. The van der Waals surface area contributed by atoms with Crippen LogP contribution in [0.5, 0.6) is 0 Å². The molecule has 0 bridgehead atoms. The zero-order valence-electron chi connectivity index (χ0n) is 10.0. The maximum Gasteiger partial charge on any atom is 0.458 e. The number of hydrogen-bond donors (Lipinski definition) is 0. The summed E-state index contributed by atoms with van der Waals surface area (Å²) in [6, 6.07) is 0. The molecule has 0 unspecified atom stereocenters. The maximum atomic E-state index is 12.7. The van der Waals surface area contributed by atoms with Crippen LogP contribution in [0.1, 0.15) is 0 Å². The summed E-state index contributed by atoms with van der Waals surface area (Å²) in [5.74, 6) is -15.4. The van der Waals surface area contributed by atoms with E-state index in [2.05, 4.69) is 0 Å². The fourth-order valence-corrected chi connectivity index (χ4v) is 1.24.